The average Bonchev–Trinajstić information content (AvgIpc) is 3.26. The number of nitrogens with one attached hydrogen (secondary N) is 1. The molecule has 2 aliphatic rings. The number of carbonyl (C=O) groups is 1. The maximum Gasteiger partial charge on any atom is 0.283 e. The van der Waals surface area contributed by atoms with Gasteiger partial charge < -0.3 is 9.47 Å². The number of carbonyl (C=O) groups excluding carboxylic acids is 1. The number of hydrogen-bond donors (Lipinski definition) is 1. The largest absolute Gasteiger partial charge is 0.493 e. The Balaban J connectivity index is 1.59. The molecule has 0 unspecified atom stereocenters. The first-order valence-corrected chi connectivity index (χ1v) is 12.7. The number of aliphatic imine (C=N–C) groups is 1. The molecule has 4 rings (SSSR count). The van der Waals surface area contributed by atoms with Crippen LogP contribution in [-0.2, 0) is 21.2 Å². The molecule has 0 aliphatic carbocycles. The van der Waals surface area contributed by atoms with Crippen molar-refractivity contribution in [3.63, 3.8) is 0 Å². The van der Waals surface area contributed by atoms with Crippen LogP contribution in [0.5, 0.6) is 11.5 Å². The number of rotatable bonds is 6. The van der Waals surface area contributed by atoms with Crippen LogP contribution in [-0.4, -0.2) is 48.3 Å². The average molecular weight is 499 g/mol. The van der Waals surface area contributed by atoms with Gasteiger partial charge in [0.25, 0.3) is 5.91 Å². The van der Waals surface area contributed by atoms with Crippen molar-refractivity contribution >= 4 is 49.9 Å². The highest BCUT2D eigenvalue weighted by atomic mass is 32.2. The minimum Gasteiger partial charge on any atom is -0.493 e. The summed E-state index contributed by atoms with van der Waals surface area (Å²) in [6, 6.07) is 13.1. The Hall–Kier alpha value is -3.44. The normalized spacial score (nSPS) is 16.9. The van der Waals surface area contributed by atoms with Gasteiger partial charge in [-0.2, -0.15) is 9.39 Å². The molecule has 1 amide bonds. The van der Waals surface area contributed by atoms with Gasteiger partial charge in [0.05, 0.1) is 30.4 Å². The fourth-order valence-corrected chi connectivity index (χ4v) is 5.20. The maximum absolute atomic E-state index is 12.6. The number of nitrogens with zero attached hydrogens (tertiary/aromatic N) is 3. The van der Waals surface area contributed by atoms with Crippen LogP contribution in [0.2, 0.25) is 0 Å². The fraction of sp³-hybridized carbons (Fsp3) is 0.217. The third kappa shape index (κ3) is 4.62. The number of ether oxygens (including phenoxy) is 2. The van der Waals surface area contributed by atoms with Crippen LogP contribution in [0.15, 0.2) is 57.4 Å². The standard InChI is InChI=1S/C23H22N4O5S2/c1-4-34(29,30)23-26-33-22-25-21(28)17(20(24)27(22)23)11-16-9-10-18(19(12-16)31-3)32-13-15-7-5-14(2)6-8-15/h5-12,24H,4,13H2,1-3H3/b17-11-,24-20?. The Kier molecular flexibility index (Phi) is 6.58. The van der Waals surface area contributed by atoms with Crippen LogP contribution in [0.1, 0.15) is 23.6 Å². The van der Waals surface area contributed by atoms with Gasteiger partial charge in [0.1, 0.15) is 12.4 Å². The van der Waals surface area contributed by atoms with E-state index < -0.39 is 15.7 Å². The minimum absolute atomic E-state index is 0.0524. The highest BCUT2D eigenvalue weighted by Gasteiger charge is 2.42. The van der Waals surface area contributed by atoms with Crippen LogP contribution >= 0.6 is 11.9 Å². The summed E-state index contributed by atoms with van der Waals surface area (Å²) in [5.41, 5.74) is 2.68. The SMILES string of the molecule is CCS(=O)(=O)C1=NSC2=NC(=O)/C(=C\c3ccc(OCc4ccc(C)cc4)c(OC)c3)C(=N)N21. The first-order valence-electron chi connectivity index (χ1n) is 10.3. The highest BCUT2D eigenvalue weighted by molar-refractivity contribution is 8.16. The van der Waals surface area contributed by atoms with E-state index in [-0.39, 0.29) is 27.5 Å². The Morgan fingerprint density at radius 2 is 1.88 bits per heavy atom. The van der Waals surface area contributed by atoms with E-state index in [4.69, 9.17) is 14.9 Å². The minimum atomic E-state index is -3.70. The molecule has 11 heteroatoms. The zero-order valence-corrected chi connectivity index (χ0v) is 20.4. The van der Waals surface area contributed by atoms with Crippen LogP contribution in [0, 0.1) is 12.3 Å². The molecule has 2 aromatic carbocycles. The summed E-state index contributed by atoms with van der Waals surface area (Å²) in [4.78, 5) is 17.6. The molecule has 0 spiro atoms. The lowest BCUT2D eigenvalue weighted by Crippen LogP contribution is -2.45. The summed E-state index contributed by atoms with van der Waals surface area (Å²) < 4.78 is 40.0. The summed E-state index contributed by atoms with van der Waals surface area (Å²) in [5.74, 6) is -0.150. The first-order chi connectivity index (χ1) is 16.2. The Labute approximate surface area is 201 Å². The number of sulfone groups is 1. The molecule has 2 aliphatic heterocycles. The third-order valence-corrected chi connectivity index (χ3v) is 7.57. The van der Waals surface area contributed by atoms with E-state index in [9.17, 15) is 13.2 Å². The molecule has 0 saturated carbocycles. The molecule has 0 radical (unpaired) electrons. The van der Waals surface area contributed by atoms with E-state index in [2.05, 4.69) is 9.39 Å². The van der Waals surface area contributed by atoms with Crippen molar-refractivity contribution in [1.82, 2.24) is 4.90 Å². The van der Waals surface area contributed by atoms with E-state index >= 15 is 0 Å². The summed E-state index contributed by atoms with van der Waals surface area (Å²) in [6.45, 7) is 3.86. The van der Waals surface area contributed by atoms with Crippen LogP contribution in [0.3, 0.4) is 0 Å². The quantitative estimate of drug-likeness (QED) is 0.477. The molecule has 2 heterocycles. The molecule has 2 aromatic rings. The molecule has 0 saturated heterocycles. The molecule has 1 N–H and O–H groups in total. The van der Waals surface area contributed by atoms with Gasteiger partial charge in [0.15, 0.2) is 11.5 Å². The lowest BCUT2D eigenvalue weighted by molar-refractivity contribution is -0.114. The van der Waals surface area contributed by atoms with Gasteiger partial charge >= 0.3 is 0 Å². The molecule has 9 nitrogen and oxygen atoms in total. The molecule has 0 atom stereocenters. The second-order valence-corrected chi connectivity index (χ2v) is 10.4. The maximum atomic E-state index is 12.6. The van der Waals surface area contributed by atoms with E-state index in [1.165, 1.54) is 20.1 Å². The lowest BCUT2D eigenvalue weighted by atomic mass is 10.1. The predicted molar refractivity (Wildman–Crippen MR) is 133 cm³/mol. The highest BCUT2D eigenvalue weighted by Crippen LogP contribution is 2.32. The number of hydrogen-bond acceptors (Lipinski definition) is 8. The van der Waals surface area contributed by atoms with Crippen molar-refractivity contribution < 1.29 is 22.7 Å². The zero-order chi connectivity index (χ0) is 24.5. The third-order valence-electron chi connectivity index (χ3n) is 5.17. The van der Waals surface area contributed by atoms with Crippen molar-refractivity contribution in [3.05, 3.63) is 64.7 Å². The van der Waals surface area contributed by atoms with Gasteiger partial charge in [-0.3, -0.25) is 10.2 Å². The molecular formula is C23H22N4O5S2. The Morgan fingerprint density at radius 3 is 2.56 bits per heavy atom. The van der Waals surface area contributed by atoms with Crippen LogP contribution in [0.4, 0.5) is 0 Å². The van der Waals surface area contributed by atoms with Gasteiger partial charge in [-0.25, -0.2) is 13.3 Å². The monoisotopic (exact) mass is 498 g/mol. The lowest BCUT2D eigenvalue weighted by Gasteiger charge is -2.24. The number of amidine groups is 3. The van der Waals surface area contributed by atoms with Crippen LogP contribution in [0.25, 0.3) is 6.08 Å². The number of methoxy groups -OCH3 is 1. The van der Waals surface area contributed by atoms with Crippen molar-refractivity contribution in [2.24, 2.45) is 9.39 Å². The van der Waals surface area contributed by atoms with Gasteiger partial charge in [-0.05, 0) is 36.3 Å². The van der Waals surface area contributed by atoms with E-state index in [1.54, 1.807) is 18.2 Å². The van der Waals surface area contributed by atoms with Gasteiger partial charge in [0.2, 0.25) is 20.2 Å². The summed E-state index contributed by atoms with van der Waals surface area (Å²) in [7, 11) is -2.20. The molecular weight excluding hydrogens is 476 g/mol. The topological polar surface area (TPSA) is 121 Å². The summed E-state index contributed by atoms with van der Waals surface area (Å²) in [6.07, 6.45) is 1.47. The molecule has 176 valence electrons. The van der Waals surface area contributed by atoms with Gasteiger partial charge in [0, 0.05) is 0 Å². The molecule has 34 heavy (non-hydrogen) atoms. The Bertz CT molecular complexity index is 1360. The fourth-order valence-electron chi connectivity index (χ4n) is 3.23. The number of amides is 1. The summed E-state index contributed by atoms with van der Waals surface area (Å²) in [5, 5.41) is 8.26. The Morgan fingerprint density at radius 1 is 1.15 bits per heavy atom. The molecule has 0 fully saturated rings. The molecule has 0 bridgehead atoms. The second kappa shape index (κ2) is 9.43. The van der Waals surface area contributed by atoms with Crippen LogP contribution < -0.4 is 9.47 Å². The predicted octanol–water partition coefficient (Wildman–Crippen LogP) is 3.59. The molecule has 0 aromatic heterocycles. The van der Waals surface area contributed by atoms with E-state index in [1.807, 2.05) is 31.2 Å². The number of fused-ring (bicyclic) bond motifs is 1. The van der Waals surface area contributed by atoms with Crippen molar-refractivity contribution in [2.45, 2.75) is 20.5 Å². The van der Waals surface area contributed by atoms with E-state index in [0.29, 0.717) is 23.7 Å². The van der Waals surface area contributed by atoms with Crippen molar-refractivity contribution in [3.8, 4) is 11.5 Å². The smallest absolute Gasteiger partial charge is 0.283 e. The first kappa shape index (κ1) is 23.7. The summed E-state index contributed by atoms with van der Waals surface area (Å²) >= 11 is 0.764. The second-order valence-electron chi connectivity index (χ2n) is 7.49. The number of benzene rings is 2. The zero-order valence-electron chi connectivity index (χ0n) is 18.7. The van der Waals surface area contributed by atoms with Crippen molar-refractivity contribution in [1.29, 1.82) is 5.41 Å². The van der Waals surface area contributed by atoms with Gasteiger partial charge in [-0.15, -0.1) is 0 Å². The van der Waals surface area contributed by atoms with E-state index in [0.717, 1.165) is 28.0 Å². The number of aryl methyl sites for hydroxylation is 1. The van der Waals surface area contributed by atoms with Crippen molar-refractivity contribution in [2.75, 3.05) is 12.9 Å². The van der Waals surface area contributed by atoms with Gasteiger partial charge in [-0.1, -0.05) is 42.8 Å².